The molecular weight excluding hydrogens is 160 g/mol. The third-order valence-electron chi connectivity index (χ3n) is 2.39. The van der Waals surface area contributed by atoms with E-state index in [1.807, 2.05) is 6.07 Å². The van der Waals surface area contributed by atoms with Gasteiger partial charge in [0.15, 0.2) is 0 Å². The Balaban J connectivity index is 3.08. The Morgan fingerprint density at radius 2 is 2.00 bits per heavy atom. The minimum absolute atomic E-state index is 0.144. The Labute approximate surface area is 80.4 Å². The molecule has 0 heterocycles. The number of aliphatic hydroxyl groups is 1. The molecule has 0 radical (unpaired) electrons. The van der Waals surface area contributed by atoms with Crippen molar-refractivity contribution in [1.82, 2.24) is 0 Å². The first-order valence-corrected chi connectivity index (χ1v) is 4.91. The summed E-state index contributed by atoms with van der Waals surface area (Å²) in [6.45, 7) is 6.70. The summed E-state index contributed by atoms with van der Waals surface area (Å²) < 4.78 is 0. The summed E-state index contributed by atoms with van der Waals surface area (Å²) in [7, 11) is 0. The van der Waals surface area contributed by atoms with Crippen LogP contribution in [0.2, 0.25) is 0 Å². The van der Waals surface area contributed by atoms with E-state index < -0.39 is 0 Å². The molecule has 0 fully saturated rings. The summed E-state index contributed by atoms with van der Waals surface area (Å²) in [6, 6.07) is 6.25. The molecule has 1 rings (SSSR count). The standard InChI is InChI=1S/C12H18O/c1-4-11-7-10(8-13)5-6-12(11)9(2)3/h5-7,9,13H,4,8H2,1-3H3. The third-order valence-corrected chi connectivity index (χ3v) is 2.39. The summed E-state index contributed by atoms with van der Waals surface area (Å²) in [4.78, 5) is 0. The van der Waals surface area contributed by atoms with Gasteiger partial charge >= 0.3 is 0 Å². The Hall–Kier alpha value is -0.820. The molecular formula is C12H18O. The summed E-state index contributed by atoms with van der Waals surface area (Å²) in [5.41, 5.74) is 3.78. The topological polar surface area (TPSA) is 20.2 Å². The van der Waals surface area contributed by atoms with Gasteiger partial charge in [0.2, 0.25) is 0 Å². The molecule has 0 aromatic heterocycles. The fourth-order valence-corrected chi connectivity index (χ4v) is 1.63. The van der Waals surface area contributed by atoms with Crippen molar-refractivity contribution < 1.29 is 5.11 Å². The highest BCUT2D eigenvalue weighted by Crippen LogP contribution is 2.21. The Kier molecular flexibility index (Phi) is 3.49. The fraction of sp³-hybridized carbons (Fsp3) is 0.500. The first kappa shape index (κ1) is 10.3. The maximum absolute atomic E-state index is 8.99. The van der Waals surface area contributed by atoms with E-state index in [2.05, 4.69) is 32.9 Å². The third kappa shape index (κ3) is 2.31. The first-order chi connectivity index (χ1) is 6.19. The van der Waals surface area contributed by atoms with Gasteiger partial charge in [0, 0.05) is 0 Å². The molecule has 1 nitrogen and oxygen atoms in total. The van der Waals surface area contributed by atoms with Crippen LogP contribution in [0.4, 0.5) is 0 Å². The van der Waals surface area contributed by atoms with Gasteiger partial charge in [0.25, 0.3) is 0 Å². The molecule has 0 unspecified atom stereocenters. The van der Waals surface area contributed by atoms with E-state index in [-0.39, 0.29) is 6.61 Å². The average molecular weight is 178 g/mol. The molecule has 1 aromatic rings. The number of rotatable bonds is 3. The number of aryl methyl sites for hydroxylation is 1. The van der Waals surface area contributed by atoms with Crippen molar-refractivity contribution in [1.29, 1.82) is 0 Å². The molecule has 0 aliphatic rings. The predicted octanol–water partition coefficient (Wildman–Crippen LogP) is 2.86. The lowest BCUT2D eigenvalue weighted by atomic mass is 9.94. The van der Waals surface area contributed by atoms with E-state index in [0.717, 1.165) is 12.0 Å². The lowest BCUT2D eigenvalue weighted by Crippen LogP contribution is -1.97. The fourth-order valence-electron chi connectivity index (χ4n) is 1.63. The van der Waals surface area contributed by atoms with Crippen molar-refractivity contribution >= 4 is 0 Å². The van der Waals surface area contributed by atoms with Gasteiger partial charge in [0.05, 0.1) is 6.61 Å². The van der Waals surface area contributed by atoms with Gasteiger partial charge in [-0.05, 0) is 29.0 Å². The summed E-state index contributed by atoms with van der Waals surface area (Å²) in [6.07, 6.45) is 1.04. The molecule has 1 aromatic carbocycles. The van der Waals surface area contributed by atoms with E-state index >= 15 is 0 Å². The molecule has 0 saturated carbocycles. The van der Waals surface area contributed by atoms with Crippen LogP contribution in [0, 0.1) is 0 Å². The highest BCUT2D eigenvalue weighted by atomic mass is 16.3. The normalized spacial score (nSPS) is 10.8. The van der Waals surface area contributed by atoms with Crippen LogP contribution < -0.4 is 0 Å². The van der Waals surface area contributed by atoms with Crippen LogP contribution in [0.3, 0.4) is 0 Å². The van der Waals surface area contributed by atoms with Gasteiger partial charge in [-0.25, -0.2) is 0 Å². The second-order valence-electron chi connectivity index (χ2n) is 3.70. The van der Waals surface area contributed by atoms with Crippen molar-refractivity contribution in [3.8, 4) is 0 Å². The van der Waals surface area contributed by atoms with Crippen LogP contribution in [-0.2, 0) is 13.0 Å². The number of hydrogen-bond acceptors (Lipinski definition) is 1. The molecule has 13 heavy (non-hydrogen) atoms. The average Bonchev–Trinajstić information content (AvgIpc) is 2.16. The molecule has 0 aliphatic heterocycles. The molecule has 1 N–H and O–H groups in total. The summed E-state index contributed by atoms with van der Waals surface area (Å²) >= 11 is 0. The first-order valence-electron chi connectivity index (χ1n) is 4.91. The van der Waals surface area contributed by atoms with Crippen molar-refractivity contribution in [2.45, 2.75) is 39.7 Å². The van der Waals surface area contributed by atoms with Crippen molar-refractivity contribution in [2.24, 2.45) is 0 Å². The van der Waals surface area contributed by atoms with E-state index in [4.69, 9.17) is 5.11 Å². The zero-order valence-electron chi connectivity index (χ0n) is 8.67. The largest absolute Gasteiger partial charge is 0.392 e. The molecule has 0 saturated heterocycles. The van der Waals surface area contributed by atoms with E-state index in [1.54, 1.807) is 0 Å². The highest BCUT2D eigenvalue weighted by Gasteiger charge is 2.05. The zero-order valence-corrected chi connectivity index (χ0v) is 8.67. The number of hydrogen-bond donors (Lipinski definition) is 1. The van der Waals surface area contributed by atoms with Gasteiger partial charge in [-0.2, -0.15) is 0 Å². The Morgan fingerprint density at radius 3 is 2.46 bits per heavy atom. The molecule has 0 bridgehead atoms. The SMILES string of the molecule is CCc1cc(CO)ccc1C(C)C. The minimum atomic E-state index is 0.144. The van der Waals surface area contributed by atoms with Crippen LogP contribution in [0.25, 0.3) is 0 Å². The maximum Gasteiger partial charge on any atom is 0.0681 e. The Bertz CT molecular complexity index is 276. The van der Waals surface area contributed by atoms with Crippen molar-refractivity contribution in [2.75, 3.05) is 0 Å². The number of aliphatic hydroxyl groups excluding tert-OH is 1. The Morgan fingerprint density at radius 1 is 1.31 bits per heavy atom. The van der Waals surface area contributed by atoms with Crippen LogP contribution in [-0.4, -0.2) is 5.11 Å². The summed E-state index contributed by atoms with van der Waals surface area (Å²) in [5.74, 6) is 0.572. The van der Waals surface area contributed by atoms with Gasteiger partial charge in [-0.15, -0.1) is 0 Å². The van der Waals surface area contributed by atoms with Gasteiger partial charge in [0.1, 0.15) is 0 Å². The van der Waals surface area contributed by atoms with E-state index in [0.29, 0.717) is 5.92 Å². The molecule has 0 amide bonds. The molecule has 0 aliphatic carbocycles. The minimum Gasteiger partial charge on any atom is -0.392 e. The van der Waals surface area contributed by atoms with E-state index in [9.17, 15) is 0 Å². The molecule has 72 valence electrons. The van der Waals surface area contributed by atoms with Crippen LogP contribution >= 0.6 is 0 Å². The summed E-state index contributed by atoms with van der Waals surface area (Å²) in [5, 5.41) is 8.99. The van der Waals surface area contributed by atoms with Gasteiger partial charge < -0.3 is 5.11 Å². The predicted molar refractivity (Wildman–Crippen MR) is 55.8 cm³/mol. The molecule has 0 spiro atoms. The van der Waals surface area contributed by atoms with Gasteiger partial charge in [-0.3, -0.25) is 0 Å². The highest BCUT2D eigenvalue weighted by molar-refractivity contribution is 5.33. The second-order valence-corrected chi connectivity index (χ2v) is 3.70. The van der Waals surface area contributed by atoms with Gasteiger partial charge in [-0.1, -0.05) is 39.0 Å². The van der Waals surface area contributed by atoms with Crippen molar-refractivity contribution in [3.05, 3.63) is 34.9 Å². The zero-order chi connectivity index (χ0) is 9.84. The van der Waals surface area contributed by atoms with Crippen LogP contribution in [0.15, 0.2) is 18.2 Å². The monoisotopic (exact) mass is 178 g/mol. The molecule has 0 atom stereocenters. The second kappa shape index (κ2) is 4.43. The smallest absolute Gasteiger partial charge is 0.0681 e. The molecule has 1 heteroatoms. The van der Waals surface area contributed by atoms with E-state index in [1.165, 1.54) is 11.1 Å². The quantitative estimate of drug-likeness (QED) is 0.754. The van der Waals surface area contributed by atoms with Crippen molar-refractivity contribution in [3.63, 3.8) is 0 Å². The van der Waals surface area contributed by atoms with Crippen LogP contribution in [0.1, 0.15) is 43.4 Å². The maximum atomic E-state index is 8.99. The lowest BCUT2D eigenvalue weighted by Gasteiger charge is -2.12. The van der Waals surface area contributed by atoms with Crippen LogP contribution in [0.5, 0.6) is 0 Å². The lowest BCUT2D eigenvalue weighted by molar-refractivity contribution is 0.281. The number of benzene rings is 1.